The summed E-state index contributed by atoms with van der Waals surface area (Å²) in [7, 11) is 0. The highest BCUT2D eigenvalue weighted by atomic mass is 35.5. The van der Waals surface area contributed by atoms with E-state index in [2.05, 4.69) is 31.2 Å². The lowest BCUT2D eigenvalue weighted by atomic mass is 10.0. The van der Waals surface area contributed by atoms with Crippen molar-refractivity contribution < 1.29 is 0 Å². The third-order valence-electron chi connectivity index (χ3n) is 3.87. The number of piperidine rings is 1. The molecule has 22 heavy (non-hydrogen) atoms. The van der Waals surface area contributed by atoms with Gasteiger partial charge in [0.25, 0.3) is 0 Å². The molecule has 0 aromatic carbocycles. The number of nitrogens with one attached hydrogen (secondary N) is 1. The van der Waals surface area contributed by atoms with Crippen molar-refractivity contribution in [2.45, 2.75) is 32.7 Å². The standard InChI is InChI=1S/C16H20ClN5/c1-11-10-15(20-12(2)19-11)22-8-5-13(6-9-22)21-16-14(17)4-3-7-18-16/h3-4,7,10,13H,5-6,8-9H2,1-2H3,(H,18,21). The Hall–Kier alpha value is -1.88. The van der Waals surface area contributed by atoms with Crippen LogP contribution in [0.15, 0.2) is 24.4 Å². The smallest absolute Gasteiger partial charge is 0.144 e. The van der Waals surface area contributed by atoms with Gasteiger partial charge < -0.3 is 10.2 Å². The maximum Gasteiger partial charge on any atom is 0.144 e. The minimum atomic E-state index is 0.396. The maximum absolute atomic E-state index is 6.15. The van der Waals surface area contributed by atoms with Gasteiger partial charge in [-0.15, -0.1) is 0 Å². The van der Waals surface area contributed by atoms with Gasteiger partial charge in [-0.2, -0.15) is 0 Å². The van der Waals surface area contributed by atoms with Crippen LogP contribution < -0.4 is 10.2 Å². The van der Waals surface area contributed by atoms with Gasteiger partial charge in [0, 0.05) is 37.1 Å². The second-order valence-electron chi connectivity index (χ2n) is 5.65. The molecule has 1 aliphatic rings. The fourth-order valence-electron chi connectivity index (χ4n) is 2.80. The topological polar surface area (TPSA) is 53.9 Å². The molecule has 3 rings (SSSR count). The molecule has 6 heteroatoms. The van der Waals surface area contributed by atoms with Gasteiger partial charge in [0.1, 0.15) is 17.5 Å². The summed E-state index contributed by atoms with van der Waals surface area (Å²) in [6.45, 7) is 5.89. The van der Waals surface area contributed by atoms with Crippen LogP contribution in [0.5, 0.6) is 0 Å². The van der Waals surface area contributed by atoms with Crippen molar-refractivity contribution in [3.05, 3.63) is 40.9 Å². The molecular formula is C16H20ClN5. The third kappa shape index (κ3) is 3.47. The van der Waals surface area contributed by atoms with Crippen LogP contribution in [-0.2, 0) is 0 Å². The summed E-state index contributed by atoms with van der Waals surface area (Å²) >= 11 is 6.15. The zero-order valence-corrected chi connectivity index (χ0v) is 13.6. The fraction of sp³-hybridized carbons (Fsp3) is 0.438. The fourth-order valence-corrected chi connectivity index (χ4v) is 2.97. The minimum absolute atomic E-state index is 0.396. The number of anilines is 2. The first-order valence-electron chi connectivity index (χ1n) is 7.56. The van der Waals surface area contributed by atoms with Crippen molar-refractivity contribution in [2.24, 2.45) is 0 Å². The van der Waals surface area contributed by atoms with Gasteiger partial charge in [0.05, 0.1) is 5.02 Å². The van der Waals surface area contributed by atoms with Crippen LogP contribution in [0.2, 0.25) is 5.02 Å². The molecule has 0 atom stereocenters. The van der Waals surface area contributed by atoms with Crippen molar-refractivity contribution in [3.8, 4) is 0 Å². The van der Waals surface area contributed by atoms with Crippen molar-refractivity contribution in [1.29, 1.82) is 0 Å². The molecular weight excluding hydrogens is 298 g/mol. The third-order valence-corrected chi connectivity index (χ3v) is 4.18. The Labute approximate surface area is 135 Å². The highest BCUT2D eigenvalue weighted by molar-refractivity contribution is 6.32. The van der Waals surface area contributed by atoms with Crippen molar-refractivity contribution in [2.75, 3.05) is 23.3 Å². The van der Waals surface area contributed by atoms with Crippen LogP contribution >= 0.6 is 11.6 Å². The molecule has 1 aliphatic heterocycles. The highest BCUT2D eigenvalue weighted by Gasteiger charge is 2.21. The normalized spacial score (nSPS) is 15.9. The average Bonchev–Trinajstić information content (AvgIpc) is 2.49. The van der Waals surface area contributed by atoms with Gasteiger partial charge in [-0.05, 0) is 38.8 Å². The van der Waals surface area contributed by atoms with Crippen LogP contribution in [0.4, 0.5) is 11.6 Å². The largest absolute Gasteiger partial charge is 0.366 e. The van der Waals surface area contributed by atoms with Gasteiger partial charge in [-0.1, -0.05) is 11.6 Å². The number of rotatable bonds is 3. The Morgan fingerprint density at radius 2 is 2.00 bits per heavy atom. The summed E-state index contributed by atoms with van der Waals surface area (Å²) in [5, 5.41) is 4.11. The number of nitrogens with zero attached hydrogens (tertiary/aromatic N) is 4. The predicted octanol–water partition coefficient (Wildman–Crippen LogP) is 3.22. The molecule has 1 N–H and O–H groups in total. The molecule has 1 fully saturated rings. The van der Waals surface area contributed by atoms with Crippen molar-refractivity contribution in [1.82, 2.24) is 15.0 Å². The molecule has 0 bridgehead atoms. The minimum Gasteiger partial charge on any atom is -0.366 e. The molecule has 2 aromatic rings. The molecule has 0 saturated carbocycles. The number of aryl methyl sites for hydroxylation is 2. The summed E-state index contributed by atoms with van der Waals surface area (Å²) < 4.78 is 0. The summed E-state index contributed by atoms with van der Waals surface area (Å²) in [5.41, 5.74) is 1.02. The molecule has 3 heterocycles. The number of hydrogen-bond donors (Lipinski definition) is 1. The van der Waals surface area contributed by atoms with E-state index in [0.717, 1.165) is 49.1 Å². The molecule has 0 aliphatic carbocycles. The van der Waals surface area contributed by atoms with E-state index < -0.39 is 0 Å². The Morgan fingerprint density at radius 1 is 1.23 bits per heavy atom. The second-order valence-corrected chi connectivity index (χ2v) is 6.06. The molecule has 1 saturated heterocycles. The summed E-state index contributed by atoms with van der Waals surface area (Å²) in [4.78, 5) is 15.5. The van der Waals surface area contributed by atoms with Crippen LogP contribution in [0.3, 0.4) is 0 Å². The van der Waals surface area contributed by atoms with Crippen LogP contribution in [0, 0.1) is 13.8 Å². The number of halogens is 1. The first-order valence-corrected chi connectivity index (χ1v) is 7.94. The molecule has 116 valence electrons. The van der Waals surface area contributed by atoms with Crippen LogP contribution in [0.25, 0.3) is 0 Å². The van der Waals surface area contributed by atoms with E-state index in [4.69, 9.17) is 11.6 Å². The van der Waals surface area contributed by atoms with Gasteiger partial charge in [-0.25, -0.2) is 15.0 Å². The Morgan fingerprint density at radius 3 is 2.68 bits per heavy atom. The summed E-state index contributed by atoms with van der Waals surface area (Å²) in [5.74, 6) is 2.63. The first kappa shape index (κ1) is 15.0. The van der Waals surface area contributed by atoms with E-state index in [-0.39, 0.29) is 0 Å². The maximum atomic E-state index is 6.15. The Kier molecular flexibility index (Phi) is 4.43. The van der Waals surface area contributed by atoms with E-state index >= 15 is 0 Å². The van der Waals surface area contributed by atoms with Gasteiger partial charge >= 0.3 is 0 Å². The molecule has 0 unspecified atom stereocenters. The Balaban J connectivity index is 1.62. The number of pyridine rings is 1. The predicted molar refractivity (Wildman–Crippen MR) is 89.6 cm³/mol. The first-order chi connectivity index (χ1) is 10.6. The highest BCUT2D eigenvalue weighted by Crippen LogP contribution is 2.23. The van der Waals surface area contributed by atoms with Crippen molar-refractivity contribution in [3.63, 3.8) is 0 Å². The average molecular weight is 318 g/mol. The molecule has 0 amide bonds. The molecule has 5 nitrogen and oxygen atoms in total. The van der Waals surface area contributed by atoms with Gasteiger partial charge in [-0.3, -0.25) is 0 Å². The lowest BCUT2D eigenvalue weighted by molar-refractivity contribution is 0.521. The quantitative estimate of drug-likeness (QED) is 0.942. The van der Waals surface area contributed by atoms with E-state index in [0.29, 0.717) is 11.1 Å². The Bertz CT molecular complexity index is 632. The number of aromatic nitrogens is 3. The molecule has 0 spiro atoms. The summed E-state index contributed by atoms with van der Waals surface area (Å²) in [6, 6.07) is 6.15. The zero-order chi connectivity index (χ0) is 15.5. The van der Waals surface area contributed by atoms with Crippen LogP contribution in [0.1, 0.15) is 24.4 Å². The van der Waals surface area contributed by atoms with E-state index in [9.17, 15) is 0 Å². The number of hydrogen-bond acceptors (Lipinski definition) is 5. The van der Waals surface area contributed by atoms with Gasteiger partial charge in [0.15, 0.2) is 0 Å². The summed E-state index contributed by atoms with van der Waals surface area (Å²) in [6.07, 6.45) is 3.83. The van der Waals surface area contributed by atoms with E-state index in [1.54, 1.807) is 6.20 Å². The SMILES string of the molecule is Cc1cc(N2CCC(Nc3ncccc3Cl)CC2)nc(C)n1. The molecule has 0 radical (unpaired) electrons. The lowest BCUT2D eigenvalue weighted by Gasteiger charge is -2.33. The van der Waals surface area contributed by atoms with Gasteiger partial charge in [0.2, 0.25) is 0 Å². The van der Waals surface area contributed by atoms with Crippen LogP contribution in [-0.4, -0.2) is 34.1 Å². The van der Waals surface area contributed by atoms with Crippen molar-refractivity contribution >= 4 is 23.2 Å². The van der Waals surface area contributed by atoms with E-state index in [1.165, 1.54) is 0 Å². The zero-order valence-electron chi connectivity index (χ0n) is 12.9. The lowest BCUT2D eigenvalue weighted by Crippen LogP contribution is -2.39. The van der Waals surface area contributed by atoms with E-state index in [1.807, 2.05) is 26.0 Å². The second kappa shape index (κ2) is 6.48. The molecule has 2 aromatic heterocycles. The monoisotopic (exact) mass is 317 g/mol.